The van der Waals surface area contributed by atoms with Crippen molar-refractivity contribution in [2.75, 3.05) is 5.73 Å². The molecule has 0 fully saturated rings. The van der Waals surface area contributed by atoms with Gasteiger partial charge in [-0.2, -0.15) is 0 Å². The maximum Gasteiger partial charge on any atom is 0.339 e. The van der Waals surface area contributed by atoms with Gasteiger partial charge in [-0.1, -0.05) is 12.1 Å². The van der Waals surface area contributed by atoms with Gasteiger partial charge in [-0.25, -0.2) is 14.6 Å². The van der Waals surface area contributed by atoms with Crippen molar-refractivity contribution >= 4 is 23.7 Å². The van der Waals surface area contributed by atoms with Crippen LogP contribution in [0.1, 0.15) is 27.6 Å². The van der Waals surface area contributed by atoms with Crippen LogP contribution in [0.4, 0.5) is 5.82 Å². The fourth-order valence-corrected chi connectivity index (χ4v) is 1.47. The quantitative estimate of drug-likeness (QED) is 0.573. The topological polar surface area (TPSA) is 140 Å². The summed E-state index contributed by atoms with van der Waals surface area (Å²) in [5.74, 6) is -2.35. The van der Waals surface area contributed by atoms with Crippen molar-refractivity contribution < 1.29 is 29.3 Å². The number of nitrogens with two attached hydrogens (primary N) is 1. The number of anilines is 1. The number of hydrogen-bond donors (Lipinski definition) is 3. The fraction of sp³-hybridized carbons (Fsp3) is 0.0667. The lowest BCUT2D eigenvalue weighted by Crippen LogP contribution is -2.06. The number of pyridine rings is 1. The number of esters is 1. The second-order valence-electron chi connectivity index (χ2n) is 4.17. The van der Waals surface area contributed by atoms with E-state index in [9.17, 15) is 14.4 Å². The number of aromatic nitrogens is 1. The van der Waals surface area contributed by atoms with E-state index in [1.807, 2.05) is 0 Å². The molecule has 0 spiro atoms. The lowest BCUT2D eigenvalue weighted by molar-refractivity contribution is -0.131. The Morgan fingerprint density at radius 3 is 2.22 bits per heavy atom. The summed E-state index contributed by atoms with van der Waals surface area (Å²) < 4.78 is 4.69. The van der Waals surface area contributed by atoms with Gasteiger partial charge in [0.2, 0.25) is 0 Å². The van der Waals surface area contributed by atoms with E-state index in [2.05, 4.69) is 9.72 Å². The maximum atomic E-state index is 10.6. The minimum atomic E-state index is -1.11. The first-order chi connectivity index (χ1) is 10.8. The minimum absolute atomic E-state index is 0.0160. The third-order valence-corrected chi connectivity index (χ3v) is 2.40. The average Bonchev–Trinajstić information content (AvgIpc) is 2.47. The van der Waals surface area contributed by atoms with E-state index in [-0.39, 0.29) is 22.7 Å². The van der Waals surface area contributed by atoms with Crippen LogP contribution < -0.4 is 10.5 Å². The van der Waals surface area contributed by atoms with Crippen LogP contribution in [0.25, 0.3) is 0 Å². The second-order valence-corrected chi connectivity index (χ2v) is 4.17. The van der Waals surface area contributed by atoms with Gasteiger partial charge in [0.1, 0.15) is 17.1 Å². The zero-order chi connectivity index (χ0) is 17.4. The zero-order valence-corrected chi connectivity index (χ0v) is 12.1. The number of rotatable bonds is 3. The van der Waals surface area contributed by atoms with Crippen molar-refractivity contribution in [1.29, 1.82) is 0 Å². The molecule has 0 aliphatic rings. The smallest absolute Gasteiger partial charge is 0.339 e. The molecule has 2 aromatic rings. The largest absolute Gasteiger partial charge is 0.478 e. The van der Waals surface area contributed by atoms with Gasteiger partial charge in [0.25, 0.3) is 0 Å². The van der Waals surface area contributed by atoms with Crippen LogP contribution in [-0.2, 0) is 4.79 Å². The van der Waals surface area contributed by atoms with E-state index in [0.29, 0.717) is 0 Å². The Morgan fingerprint density at radius 1 is 1.09 bits per heavy atom. The molecule has 0 amide bonds. The predicted molar refractivity (Wildman–Crippen MR) is 80.3 cm³/mol. The van der Waals surface area contributed by atoms with Crippen LogP contribution in [0.2, 0.25) is 0 Å². The number of hydrogen-bond acceptors (Lipinski definition) is 6. The van der Waals surface area contributed by atoms with Gasteiger partial charge in [-0.05, 0) is 24.3 Å². The molecule has 0 atom stereocenters. The Hall–Kier alpha value is -3.42. The number of carboxylic acids is 2. The first kappa shape index (κ1) is 17.6. The van der Waals surface area contributed by atoms with E-state index >= 15 is 0 Å². The first-order valence-corrected chi connectivity index (χ1v) is 6.27. The second kappa shape index (κ2) is 8.13. The summed E-state index contributed by atoms with van der Waals surface area (Å²) in [5, 5.41) is 17.1. The summed E-state index contributed by atoms with van der Waals surface area (Å²) in [7, 11) is 0. The number of aromatic carboxylic acids is 2. The summed E-state index contributed by atoms with van der Waals surface area (Å²) in [5.41, 5.74) is 5.37. The number of para-hydroxylation sites is 1. The van der Waals surface area contributed by atoms with Crippen LogP contribution in [0.5, 0.6) is 5.75 Å². The molecule has 23 heavy (non-hydrogen) atoms. The standard InChI is InChI=1S/C9H8O4.C6H6N2O2/c1-6(10)13-8-5-3-2-4-7(8)9(11)12;7-5-3-4(6(9)10)1-2-8-5/h2-5H,1H3,(H,11,12);1-3H,(H2,7,8)(H,9,10). The Kier molecular flexibility index (Phi) is 6.23. The number of carbonyl (C=O) groups is 3. The number of carboxylic acid groups (broad SMARTS) is 2. The summed E-state index contributed by atoms with van der Waals surface area (Å²) in [4.78, 5) is 35.1. The van der Waals surface area contributed by atoms with Gasteiger partial charge in [0.05, 0.1) is 5.56 Å². The highest BCUT2D eigenvalue weighted by Crippen LogP contribution is 2.17. The summed E-state index contributed by atoms with van der Waals surface area (Å²) in [6.45, 7) is 1.22. The van der Waals surface area contributed by atoms with Gasteiger partial charge >= 0.3 is 17.9 Å². The van der Waals surface area contributed by atoms with Crippen LogP contribution in [-0.4, -0.2) is 33.1 Å². The zero-order valence-electron chi connectivity index (χ0n) is 12.1. The monoisotopic (exact) mass is 318 g/mol. The molecule has 0 unspecified atom stereocenters. The van der Waals surface area contributed by atoms with Gasteiger partial charge in [-0.15, -0.1) is 0 Å². The van der Waals surface area contributed by atoms with Crippen molar-refractivity contribution in [1.82, 2.24) is 4.98 Å². The highest BCUT2D eigenvalue weighted by molar-refractivity contribution is 5.91. The molecule has 0 saturated carbocycles. The normalized spacial score (nSPS) is 9.26. The first-order valence-electron chi connectivity index (χ1n) is 6.27. The molecular weight excluding hydrogens is 304 g/mol. The van der Waals surface area contributed by atoms with E-state index in [0.717, 1.165) is 0 Å². The van der Waals surface area contributed by atoms with Crippen molar-refractivity contribution in [3.05, 3.63) is 53.7 Å². The summed E-state index contributed by atoms with van der Waals surface area (Å²) in [6.07, 6.45) is 1.36. The number of benzene rings is 1. The lowest BCUT2D eigenvalue weighted by Gasteiger charge is -2.03. The van der Waals surface area contributed by atoms with E-state index in [4.69, 9.17) is 15.9 Å². The molecule has 0 aliphatic heterocycles. The molecule has 120 valence electrons. The summed E-state index contributed by atoms with van der Waals surface area (Å²) >= 11 is 0. The molecule has 1 aromatic heterocycles. The molecule has 2 rings (SSSR count). The van der Waals surface area contributed by atoms with Crippen molar-refractivity contribution in [3.8, 4) is 5.75 Å². The maximum absolute atomic E-state index is 10.6. The molecule has 8 heteroatoms. The summed E-state index contributed by atoms with van der Waals surface area (Å²) in [6, 6.07) is 8.67. The molecule has 0 radical (unpaired) electrons. The molecule has 8 nitrogen and oxygen atoms in total. The van der Waals surface area contributed by atoms with Crippen LogP contribution in [0, 0.1) is 0 Å². The van der Waals surface area contributed by atoms with Crippen LogP contribution in [0.3, 0.4) is 0 Å². The molecule has 1 heterocycles. The Balaban J connectivity index is 0.000000238. The van der Waals surface area contributed by atoms with E-state index in [1.165, 1.54) is 37.4 Å². The Morgan fingerprint density at radius 2 is 1.74 bits per heavy atom. The van der Waals surface area contributed by atoms with E-state index in [1.54, 1.807) is 12.1 Å². The Bertz CT molecular complexity index is 729. The highest BCUT2D eigenvalue weighted by atomic mass is 16.5. The van der Waals surface area contributed by atoms with Gasteiger partial charge in [0.15, 0.2) is 0 Å². The molecule has 0 bridgehead atoms. The highest BCUT2D eigenvalue weighted by Gasteiger charge is 2.11. The molecular formula is C15H14N2O6. The van der Waals surface area contributed by atoms with E-state index < -0.39 is 17.9 Å². The van der Waals surface area contributed by atoms with Gasteiger partial charge in [0, 0.05) is 13.1 Å². The lowest BCUT2D eigenvalue weighted by atomic mass is 10.2. The van der Waals surface area contributed by atoms with Gasteiger partial charge in [-0.3, -0.25) is 4.79 Å². The molecule has 4 N–H and O–H groups in total. The van der Waals surface area contributed by atoms with Crippen molar-refractivity contribution in [2.24, 2.45) is 0 Å². The van der Waals surface area contributed by atoms with Crippen LogP contribution in [0.15, 0.2) is 42.6 Å². The average molecular weight is 318 g/mol. The Labute approximate surface area is 131 Å². The van der Waals surface area contributed by atoms with Crippen LogP contribution >= 0.6 is 0 Å². The van der Waals surface area contributed by atoms with Gasteiger partial charge < -0.3 is 20.7 Å². The predicted octanol–water partition coefficient (Wildman–Crippen LogP) is 1.67. The SMILES string of the molecule is CC(=O)Oc1ccccc1C(=O)O.Nc1cc(C(=O)O)ccn1. The number of nitrogen functional groups attached to an aromatic ring is 1. The van der Waals surface area contributed by atoms with Crippen molar-refractivity contribution in [2.45, 2.75) is 6.92 Å². The fourth-order valence-electron chi connectivity index (χ4n) is 1.47. The third-order valence-electron chi connectivity index (χ3n) is 2.40. The molecule has 0 aliphatic carbocycles. The van der Waals surface area contributed by atoms with Crippen molar-refractivity contribution in [3.63, 3.8) is 0 Å². The molecule has 0 saturated heterocycles. The number of ether oxygens (including phenoxy) is 1. The number of nitrogens with zero attached hydrogens (tertiary/aromatic N) is 1. The third kappa shape index (κ3) is 5.84. The minimum Gasteiger partial charge on any atom is -0.478 e. The number of carbonyl (C=O) groups excluding carboxylic acids is 1. The molecule has 1 aromatic carbocycles.